The molecule has 0 aliphatic carbocycles. The molecule has 3 rings (SSSR count). The van der Waals surface area contributed by atoms with Crippen molar-refractivity contribution in [2.24, 2.45) is 10.9 Å². The summed E-state index contributed by atoms with van der Waals surface area (Å²) >= 11 is 6.39. The Labute approximate surface area is 156 Å². The third-order valence-corrected chi connectivity index (χ3v) is 5.60. The molecule has 0 bridgehead atoms. The van der Waals surface area contributed by atoms with Crippen LogP contribution in [0, 0.1) is 5.92 Å². The van der Waals surface area contributed by atoms with Gasteiger partial charge in [-0.1, -0.05) is 50.6 Å². The normalized spacial score (nSPS) is 16.4. The van der Waals surface area contributed by atoms with Crippen molar-refractivity contribution in [3.8, 4) is 0 Å². The molecule has 4 heteroatoms. The molecule has 0 fully saturated rings. The van der Waals surface area contributed by atoms with Crippen LogP contribution in [-0.4, -0.2) is 44.0 Å². The van der Waals surface area contributed by atoms with Gasteiger partial charge in [0.1, 0.15) is 5.84 Å². The zero-order chi connectivity index (χ0) is 18.0. The SMILES string of the molecule is CCN(CC)CCC(C)CN=C1c2cccc3c(Cl)ccc(c23)N1C. The summed E-state index contributed by atoms with van der Waals surface area (Å²) in [5.41, 5.74) is 2.40. The Hall–Kier alpha value is -1.58. The Morgan fingerprint density at radius 3 is 2.64 bits per heavy atom. The highest BCUT2D eigenvalue weighted by molar-refractivity contribution is 6.38. The van der Waals surface area contributed by atoms with E-state index in [2.05, 4.69) is 61.9 Å². The van der Waals surface area contributed by atoms with Gasteiger partial charge in [0, 0.05) is 35.0 Å². The average molecular weight is 358 g/mol. The van der Waals surface area contributed by atoms with Crippen LogP contribution in [0.4, 0.5) is 5.69 Å². The highest BCUT2D eigenvalue weighted by Crippen LogP contribution is 2.39. The second-order valence-corrected chi connectivity index (χ2v) is 7.35. The van der Waals surface area contributed by atoms with Crippen LogP contribution in [0.25, 0.3) is 10.8 Å². The first-order chi connectivity index (χ1) is 12.1. The minimum absolute atomic E-state index is 0.577. The number of benzene rings is 2. The van der Waals surface area contributed by atoms with Gasteiger partial charge in [-0.25, -0.2) is 0 Å². The summed E-state index contributed by atoms with van der Waals surface area (Å²) in [4.78, 5) is 9.66. The number of nitrogens with zero attached hydrogens (tertiary/aromatic N) is 3. The molecular weight excluding hydrogens is 330 g/mol. The number of hydrogen-bond donors (Lipinski definition) is 0. The lowest BCUT2D eigenvalue weighted by Gasteiger charge is -2.20. The second-order valence-electron chi connectivity index (χ2n) is 6.94. The van der Waals surface area contributed by atoms with Gasteiger partial charge in [-0.05, 0) is 44.1 Å². The van der Waals surface area contributed by atoms with Gasteiger partial charge in [0.25, 0.3) is 0 Å². The van der Waals surface area contributed by atoms with E-state index in [9.17, 15) is 0 Å². The van der Waals surface area contributed by atoms with Crippen molar-refractivity contribution in [2.45, 2.75) is 27.2 Å². The van der Waals surface area contributed by atoms with Gasteiger partial charge in [-0.3, -0.25) is 4.99 Å². The standard InChI is InChI=1S/C21H28ClN3/c1-5-25(6-2)13-12-15(3)14-23-21-17-9-7-8-16-18(22)10-11-19(20(16)17)24(21)4/h7-11,15H,5-6,12-14H2,1-4H3. The summed E-state index contributed by atoms with van der Waals surface area (Å²) in [6.45, 7) is 11.0. The van der Waals surface area contributed by atoms with Gasteiger partial charge < -0.3 is 9.80 Å². The number of amidine groups is 1. The van der Waals surface area contributed by atoms with Crippen molar-refractivity contribution in [3.63, 3.8) is 0 Å². The third-order valence-electron chi connectivity index (χ3n) is 5.27. The monoisotopic (exact) mass is 357 g/mol. The van der Waals surface area contributed by atoms with E-state index in [1.54, 1.807) is 0 Å². The molecule has 1 unspecified atom stereocenters. The lowest BCUT2D eigenvalue weighted by Crippen LogP contribution is -2.26. The van der Waals surface area contributed by atoms with Crippen LogP contribution in [-0.2, 0) is 0 Å². The van der Waals surface area contributed by atoms with Gasteiger partial charge in [-0.15, -0.1) is 0 Å². The van der Waals surface area contributed by atoms with E-state index < -0.39 is 0 Å². The van der Waals surface area contributed by atoms with Gasteiger partial charge in [0.2, 0.25) is 0 Å². The molecule has 134 valence electrons. The van der Waals surface area contributed by atoms with E-state index in [0.717, 1.165) is 42.4 Å². The minimum Gasteiger partial charge on any atom is -0.329 e. The Balaban J connectivity index is 1.78. The number of rotatable bonds is 7. The summed E-state index contributed by atoms with van der Waals surface area (Å²) < 4.78 is 0. The maximum atomic E-state index is 6.39. The third kappa shape index (κ3) is 3.54. The number of halogens is 1. The van der Waals surface area contributed by atoms with E-state index >= 15 is 0 Å². The minimum atomic E-state index is 0.577. The Bertz CT molecular complexity index is 780. The quantitative estimate of drug-likeness (QED) is 0.689. The molecule has 0 aromatic heterocycles. The average Bonchev–Trinajstić information content (AvgIpc) is 2.90. The zero-order valence-corrected chi connectivity index (χ0v) is 16.5. The Morgan fingerprint density at radius 2 is 1.92 bits per heavy atom. The first-order valence-corrected chi connectivity index (χ1v) is 9.66. The highest BCUT2D eigenvalue weighted by Gasteiger charge is 2.25. The van der Waals surface area contributed by atoms with Crippen LogP contribution >= 0.6 is 11.6 Å². The van der Waals surface area contributed by atoms with Crippen molar-refractivity contribution in [2.75, 3.05) is 38.1 Å². The fourth-order valence-electron chi connectivity index (χ4n) is 3.58. The van der Waals surface area contributed by atoms with Crippen molar-refractivity contribution in [1.82, 2.24) is 4.90 Å². The maximum Gasteiger partial charge on any atom is 0.135 e. The van der Waals surface area contributed by atoms with Crippen LogP contribution < -0.4 is 4.90 Å². The molecule has 0 radical (unpaired) electrons. The number of aliphatic imine (C=N–C) groups is 1. The van der Waals surface area contributed by atoms with Gasteiger partial charge in [0.15, 0.2) is 0 Å². The van der Waals surface area contributed by atoms with Crippen molar-refractivity contribution < 1.29 is 0 Å². The lowest BCUT2D eigenvalue weighted by atomic mass is 10.1. The fraction of sp³-hybridized carbons (Fsp3) is 0.476. The van der Waals surface area contributed by atoms with Crippen molar-refractivity contribution in [1.29, 1.82) is 0 Å². The molecule has 2 aromatic carbocycles. The summed E-state index contributed by atoms with van der Waals surface area (Å²) in [5.74, 6) is 1.64. The molecule has 1 atom stereocenters. The molecule has 1 aliphatic rings. The van der Waals surface area contributed by atoms with E-state index in [-0.39, 0.29) is 0 Å². The van der Waals surface area contributed by atoms with Crippen molar-refractivity contribution >= 4 is 33.9 Å². The van der Waals surface area contributed by atoms with E-state index in [0.29, 0.717) is 5.92 Å². The lowest BCUT2D eigenvalue weighted by molar-refractivity contribution is 0.281. The predicted molar refractivity (Wildman–Crippen MR) is 110 cm³/mol. The molecule has 0 amide bonds. The predicted octanol–water partition coefficient (Wildman–Crippen LogP) is 5.06. The molecule has 3 nitrogen and oxygen atoms in total. The molecule has 2 aromatic rings. The molecule has 0 saturated carbocycles. The van der Waals surface area contributed by atoms with Crippen LogP contribution in [0.15, 0.2) is 35.3 Å². The Morgan fingerprint density at radius 1 is 1.16 bits per heavy atom. The summed E-state index contributed by atoms with van der Waals surface area (Å²) in [6, 6.07) is 10.4. The highest BCUT2D eigenvalue weighted by atomic mass is 35.5. The van der Waals surface area contributed by atoms with Crippen molar-refractivity contribution in [3.05, 3.63) is 40.9 Å². The van der Waals surface area contributed by atoms with Crippen LogP contribution in [0.1, 0.15) is 32.8 Å². The summed E-state index contributed by atoms with van der Waals surface area (Å²) in [6.07, 6.45) is 1.19. The molecule has 0 spiro atoms. The largest absolute Gasteiger partial charge is 0.329 e. The number of hydrogen-bond acceptors (Lipinski definition) is 2. The zero-order valence-electron chi connectivity index (χ0n) is 15.7. The number of anilines is 1. The second kappa shape index (κ2) is 7.76. The van der Waals surface area contributed by atoms with Gasteiger partial charge >= 0.3 is 0 Å². The van der Waals surface area contributed by atoms with Gasteiger partial charge in [-0.2, -0.15) is 0 Å². The topological polar surface area (TPSA) is 18.8 Å². The molecule has 0 saturated heterocycles. The Kier molecular flexibility index (Phi) is 5.65. The van der Waals surface area contributed by atoms with E-state index in [4.69, 9.17) is 16.6 Å². The molecule has 25 heavy (non-hydrogen) atoms. The molecular formula is C21H28ClN3. The molecule has 1 aliphatic heterocycles. The maximum absolute atomic E-state index is 6.39. The van der Waals surface area contributed by atoms with E-state index in [1.165, 1.54) is 23.1 Å². The molecule has 0 N–H and O–H groups in total. The smallest absolute Gasteiger partial charge is 0.135 e. The van der Waals surface area contributed by atoms with Crippen LogP contribution in [0.5, 0.6) is 0 Å². The first kappa shape index (κ1) is 18.2. The fourth-order valence-corrected chi connectivity index (χ4v) is 3.80. The summed E-state index contributed by atoms with van der Waals surface area (Å²) in [7, 11) is 2.10. The van der Waals surface area contributed by atoms with Crippen LogP contribution in [0.3, 0.4) is 0 Å². The molecule has 1 heterocycles. The first-order valence-electron chi connectivity index (χ1n) is 9.28. The van der Waals surface area contributed by atoms with E-state index in [1.807, 2.05) is 6.07 Å². The van der Waals surface area contributed by atoms with Gasteiger partial charge in [0.05, 0.1) is 5.69 Å². The van der Waals surface area contributed by atoms with Crippen LogP contribution in [0.2, 0.25) is 5.02 Å². The summed E-state index contributed by atoms with van der Waals surface area (Å²) in [5, 5.41) is 3.15.